The van der Waals surface area contributed by atoms with Crippen molar-refractivity contribution in [2.24, 2.45) is 0 Å². The molecule has 2 aromatic carbocycles. The van der Waals surface area contributed by atoms with Gasteiger partial charge < -0.3 is 20.5 Å². The molecule has 0 heterocycles. The third-order valence-corrected chi connectivity index (χ3v) is 3.26. The largest absolute Gasteiger partial charge is 0.496 e. The summed E-state index contributed by atoms with van der Waals surface area (Å²) in [5.41, 5.74) is 3.38. The van der Waals surface area contributed by atoms with Gasteiger partial charge in [-0.25, -0.2) is 0 Å². The van der Waals surface area contributed by atoms with Crippen LogP contribution in [0.5, 0.6) is 5.75 Å². The Morgan fingerprint density at radius 2 is 1.95 bits per heavy atom. The summed E-state index contributed by atoms with van der Waals surface area (Å²) in [7, 11) is 1.57. The smallest absolute Gasteiger partial charge is 0.221 e. The van der Waals surface area contributed by atoms with Crippen molar-refractivity contribution >= 4 is 17.3 Å². The maximum atomic E-state index is 11.2. The number of aliphatic hydroxyl groups excluding tert-OH is 1. The summed E-state index contributed by atoms with van der Waals surface area (Å²) >= 11 is 0. The SMILES string of the molecule is COc1ccc(NCc2ccccc2NC(C)=O)cc1CO. The summed E-state index contributed by atoms with van der Waals surface area (Å²) in [4.78, 5) is 11.2. The van der Waals surface area contributed by atoms with Gasteiger partial charge in [0.05, 0.1) is 13.7 Å². The number of ether oxygens (including phenoxy) is 1. The van der Waals surface area contributed by atoms with Crippen molar-refractivity contribution in [3.8, 4) is 5.75 Å². The molecule has 0 bridgehead atoms. The van der Waals surface area contributed by atoms with Crippen LogP contribution in [0.4, 0.5) is 11.4 Å². The number of methoxy groups -OCH3 is 1. The second-order valence-electron chi connectivity index (χ2n) is 4.88. The van der Waals surface area contributed by atoms with E-state index in [-0.39, 0.29) is 12.5 Å². The normalized spacial score (nSPS) is 10.1. The molecule has 5 heteroatoms. The molecule has 2 rings (SSSR count). The first-order valence-corrected chi connectivity index (χ1v) is 7.01. The molecular weight excluding hydrogens is 280 g/mol. The van der Waals surface area contributed by atoms with Gasteiger partial charge in [-0.1, -0.05) is 18.2 Å². The number of nitrogens with one attached hydrogen (secondary N) is 2. The zero-order valence-corrected chi connectivity index (χ0v) is 12.7. The molecule has 0 saturated heterocycles. The van der Waals surface area contributed by atoms with Gasteiger partial charge in [0.25, 0.3) is 0 Å². The van der Waals surface area contributed by atoms with E-state index in [0.29, 0.717) is 12.3 Å². The Morgan fingerprint density at radius 3 is 2.64 bits per heavy atom. The molecule has 0 radical (unpaired) electrons. The number of carbonyl (C=O) groups excluding carboxylic acids is 1. The lowest BCUT2D eigenvalue weighted by molar-refractivity contribution is -0.114. The second-order valence-corrected chi connectivity index (χ2v) is 4.88. The molecule has 2 aromatic rings. The van der Waals surface area contributed by atoms with Gasteiger partial charge in [0.15, 0.2) is 0 Å². The van der Waals surface area contributed by atoms with Crippen LogP contribution in [-0.2, 0) is 17.9 Å². The molecule has 0 aliphatic heterocycles. The minimum absolute atomic E-state index is 0.0822. The van der Waals surface area contributed by atoms with E-state index in [4.69, 9.17) is 4.74 Å². The first-order chi connectivity index (χ1) is 10.6. The Kier molecular flexibility index (Phi) is 5.38. The molecule has 0 aliphatic carbocycles. The number of hydrogen-bond donors (Lipinski definition) is 3. The van der Waals surface area contributed by atoms with E-state index in [2.05, 4.69) is 10.6 Å². The topological polar surface area (TPSA) is 70.6 Å². The Bertz CT molecular complexity index is 656. The van der Waals surface area contributed by atoms with Gasteiger partial charge in [-0.05, 0) is 29.8 Å². The van der Waals surface area contributed by atoms with E-state index in [0.717, 1.165) is 22.5 Å². The fraction of sp³-hybridized carbons (Fsp3) is 0.235. The summed E-state index contributed by atoms with van der Waals surface area (Å²) in [6.07, 6.45) is 0. The van der Waals surface area contributed by atoms with Crippen LogP contribution in [0.3, 0.4) is 0 Å². The van der Waals surface area contributed by atoms with Gasteiger partial charge in [-0.3, -0.25) is 4.79 Å². The predicted octanol–water partition coefficient (Wildman–Crippen LogP) is 2.76. The summed E-state index contributed by atoms with van der Waals surface area (Å²) in [5.74, 6) is 0.561. The van der Waals surface area contributed by atoms with Crippen LogP contribution in [0.15, 0.2) is 42.5 Å². The Balaban J connectivity index is 2.12. The highest BCUT2D eigenvalue weighted by atomic mass is 16.5. The Morgan fingerprint density at radius 1 is 1.18 bits per heavy atom. The van der Waals surface area contributed by atoms with Gasteiger partial charge in [-0.2, -0.15) is 0 Å². The lowest BCUT2D eigenvalue weighted by Crippen LogP contribution is -2.10. The molecule has 0 aromatic heterocycles. The van der Waals surface area contributed by atoms with E-state index in [1.54, 1.807) is 7.11 Å². The van der Waals surface area contributed by atoms with Crippen LogP contribution in [0.1, 0.15) is 18.1 Å². The van der Waals surface area contributed by atoms with Gasteiger partial charge in [-0.15, -0.1) is 0 Å². The number of aliphatic hydroxyl groups is 1. The number of hydrogen-bond acceptors (Lipinski definition) is 4. The van der Waals surface area contributed by atoms with Crippen molar-refractivity contribution in [1.82, 2.24) is 0 Å². The molecule has 22 heavy (non-hydrogen) atoms. The number of anilines is 2. The van der Waals surface area contributed by atoms with Crippen molar-refractivity contribution in [3.05, 3.63) is 53.6 Å². The molecule has 0 fully saturated rings. The lowest BCUT2D eigenvalue weighted by Gasteiger charge is -2.13. The average molecular weight is 300 g/mol. The van der Waals surface area contributed by atoms with E-state index in [1.807, 2.05) is 42.5 Å². The fourth-order valence-electron chi connectivity index (χ4n) is 2.20. The molecule has 3 N–H and O–H groups in total. The lowest BCUT2D eigenvalue weighted by atomic mass is 10.1. The third kappa shape index (κ3) is 3.99. The number of rotatable bonds is 6. The predicted molar refractivity (Wildman–Crippen MR) is 87.0 cm³/mol. The van der Waals surface area contributed by atoms with E-state index in [9.17, 15) is 9.90 Å². The van der Waals surface area contributed by atoms with Crippen molar-refractivity contribution in [3.63, 3.8) is 0 Å². The van der Waals surface area contributed by atoms with Gasteiger partial charge in [0, 0.05) is 30.4 Å². The first kappa shape index (κ1) is 15.9. The molecular formula is C17H20N2O3. The minimum Gasteiger partial charge on any atom is -0.496 e. The van der Waals surface area contributed by atoms with Crippen LogP contribution < -0.4 is 15.4 Å². The zero-order valence-electron chi connectivity index (χ0n) is 12.7. The van der Waals surface area contributed by atoms with Gasteiger partial charge in [0.1, 0.15) is 5.75 Å². The molecule has 5 nitrogen and oxygen atoms in total. The maximum Gasteiger partial charge on any atom is 0.221 e. The summed E-state index contributed by atoms with van der Waals surface area (Å²) < 4.78 is 5.18. The second kappa shape index (κ2) is 7.47. The quantitative estimate of drug-likeness (QED) is 0.767. The van der Waals surface area contributed by atoms with Crippen LogP contribution >= 0.6 is 0 Å². The number of para-hydroxylation sites is 1. The number of amides is 1. The standard InChI is InChI=1S/C17H20N2O3/c1-12(21)19-16-6-4-3-5-13(16)10-18-15-7-8-17(22-2)14(9-15)11-20/h3-9,18,20H,10-11H2,1-2H3,(H,19,21). The Labute approximate surface area is 129 Å². The minimum atomic E-state index is -0.0977. The van der Waals surface area contributed by atoms with Crippen LogP contribution in [0, 0.1) is 0 Å². The first-order valence-electron chi connectivity index (χ1n) is 7.01. The molecule has 0 aliphatic rings. The molecule has 0 spiro atoms. The van der Waals surface area contributed by atoms with E-state index >= 15 is 0 Å². The van der Waals surface area contributed by atoms with Crippen molar-refractivity contribution < 1.29 is 14.6 Å². The third-order valence-electron chi connectivity index (χ3n) is 3.26. The zero-order chi connectivity index (χ0) is 15.9. The van der Waals surface area contributed by atoms with E-state index in [1.165, 1.54) is 6.92 Å². The fourth-order valence-corrected chi connectivity index (χ4v) is 2.20. The molecule has 0 unspecified atom stereocenters. The van der Waals surface area contributed by atoms with E-state index < -0.39 is 0 Å². The van der Waals surface area contributed by atoms with Gasteiger partial charge >= 0.3 is 0 Å². The average Bonchev–Trinajstić information content (AvgIpc) is 2.53. The molecule has 1 amide bonds. The number of benzene rings is 2. The van der Waals surface area contributed by atoms with Crippen LogP contribution in [0.25, 0.3) is 0 Å². The highest BCUT2D eigenvalue weighted by Gasteiger charge is 2.06. The monoisotopic (exact) mass is 300 g/mol. The highest BCUT2D eigenvalue weighted by molar-refractivity contribution is 5.89. The van der Waals surface area contributed by atoms with Crippen molar-refractivity contribution in [2.45, 2.75) is 20.1 Å². The van der Waals surface area contributed by atoms with Gasteiger partial charge in [0.2, 0.25) is 5.91 Å². The maximum absolute atomic E-state index is 11.2. The molecule has 0 saturated carbocycles. The molecule has 0 atom stereocenters. The summed E-state index contributed by atoms with van der Waals surface area (Å²) in [6, 6.07) is 13.2. The summed E-state index contributed by atoms with van der Waals surface area (Å²) in [6.45, 7) is 1.97. The highest BCUT2D eigenvalue weighted by Crippen LogP contribution is 2.24. The summed E-state index contributed by atoms with van der Waals surface area (Å²) in [5, 5.41) is 15.4. The number of carbonyl (C=O) groups is 1. The van der Waals surface area contributed by atoms with Crippen LogP contribution in [-0.4, -0.2) is 18.1 Å². The molecule has 116 valence electrons. The van der Waals surface area contributed by atoms with Crippen molar-refractivity contribution in [2.75, 3.05) is 17.7 Å². The van der Waals surface area contributed by atoms with Crippen LogP contribution in [0.2, 0.25) is 0 Å². The Hall–Kier alpha value is -2.53. The van der Waals surface area contributed by atoms with Crippen molar-refractivity contribution in [1.29, 1.82) is 0 Å².